The lowest BCUT2D eigenvalue weighted by Gasteiger charge is -2.32. The molecule has 9 heteroatoms. The molecule has 2 amide bonds. The van der Waals surface area contributed by atoms with Crippen LogP contribution in [0, 0.1) is 6.92 Å². The number of alkyl halides is 3. The fraction of sp³-hybridized carbons (Fsp3) is 0.280. The molecule has 0 bridgehead atoms. The molecule has 34 heavy (non-hydrogen) atoms. The fourth-order valence-corrected chi connectivity index (χ4v) is 3.50. The van der Waals surface area contributed by atoms with Crippen LogP contribution in [-0.4, -0.2) is 45.9 Å². The number of aromatic nitrogens is 2. The third-order valence-electron chi connectivity index (χ3n) is 5.26. The molecule has 3 aromatic rings. The minimum absolute atomic E-state index is 0.112. The maximum Gasteiger partial charge on any atom is 0.471 e. The Bertz CT molecular complexity index is 1070. The molecule has 1 unspecified atom stereocenters. The fourth-order valence-electron chi connectivity index (χ4n) is 3.50. The highest BCUT2D eigenvalue weighted by atomic mass is 19.4. The minimum atomic E-state index is -5.13. The van der Waals surface area contributed by atoms with Crippen molar-refractivity contribution >= 4 is 11.8 Å². The van der Waals surface area contributed by atoms with Gasteiger partial charge in [0, 0.05) is 37.9 Å². The van der Waals surface area contributed by atoms with Gasteiger partial charge in [-0.1, -0.05) is 42.0 Å². The Balaban J connectivity index is 1.87. The number of nitrogens with one attached hydrogen (secondary N) is 1. The van der Waals surface area contributed by atoms with Crippen LogP contribution in [0.25, 0.3) is 0 Å². The largest absolute Gasteiger partial charge is 0.471 e. The smallest absolute Gasteiger partial charge is 0.354 e. The molecular formula is C25H25F3N4O2. The highest BCUT2D eigenvalue weighted by Crippen LogP contribution is 2.28. The third kappa shape index (κ3) is 6.87. The van der Waals surface area contributed by atoms with Gasteiger partial charge in [0.1, 0.15) is 6.04 Å². The van der Waals surface area contributed by atoms with E-state index >= 15 is 0 Å². The molecule has 0 saturated heterocycles. The molecule has 1 aromatic carbocycles. The normalized spacial score (nSPS) is 12.1. The number of hydrogen-bond acceptors (Lipinski definition) is 4. The molecule has 0 aliphatic heterocycles. The summed E-state index contributed by atoms with van der Waals surface area (Å²) in [4.78, 5) is 34.2. The summed E-state index contributed by atoms with van der Waals surface area (Å²) in [6, 6.07) is 12.1. The summed E-state index contributed by atoms with van der Waals surface area (Å²) in [6.07, 6.45) is 1.77. The van der Waals surface area contributed by atoms with Crippen LogP contribution in [0.4, 0.5) is 13.2 Å². The van der Waals surface area contributed by atoms with Crippen molar-refractivity contribution in [2.75, 3.05) is 13.1 Å². The summed E-state index contributed by atoms with van der Waals surface area (Å²) in [5.74, 6) is -2.75. The van der Waals surface area contributed by atoms with Gasteiger partial charge in [0.25, 0.3) is 0 Å². The predicted molar refractivity (Wildman–Crippen MR) is 121 cm³/mol. The van der Waals surface area contributed by atoms with Crippen molar-refractivity contribution in [1.29, 1.82) is 0 Å². The van der Waals surface area contributed by atoms with E-state index in [-0.39, 0.29) is 19.5 Å². The maximum absolute atomic E-state index is 13.6. The number of halogens is 3. The van der Waals surface area contributed by atoms with Crippen molar-refractivity contribution in [3.8, 4) is 0 Å². The first-order chi connectivity index (χ1) is 16.3. The molecule has 178 valence electrons. The lowest BCUT2D eigenvalue weighted by Crippen LogP contribution is -2.49. The van der Waals surface area contributed by atoms with E-state index in [2.05, 4.69) is 15.3 Å². The van der Waals surface area contributed by atoms with Crippen LogP contribution in [0.15, 0.2) is 73.3 Å². The quantitative estimate of drug-likeness (QED) is 0.516. The molecule has 1 N–H and O–H groups in total. The monoisotopic (exact) mass is 470 g/mol. The maximum atomic E-state index is 13.6. The van der Waals surface area contributed by atoms with Crippen LogP contribution in [0.1, 0.15) is 28.3 Å². The lowest BCUT2D eigenvalue weighted by molar-refractivity contribution is -0.188. The Morgan fingerprint density at radius 1 is 0.941 bits per heavy atom. The van der Waals surface area contributed by atoms with Crippen LogP contribution in [0.2, 0.25) is 0 Å². The van der Waals surface area contributed by atoms with Crippen molar-refractivity contribution in [3.05, 3.63) is 95.6 Å². The van der Waals surface area contributed by atoms with Crippen LogP contribution in [0.3, 0.4) is 0 Å². The summed E-state index contributed by atoms with van der Waals surface area (Å²) < 4.78 is 40.7. The van der Waals surface area contributed by atoms with Crippen molar-refractivity contribution in [3.63, 3.8) is 0 Å². The average Bonchev–Trinajstić information content (AvgIpc) is 2.83. The third-order valence-corrected chi connectivity index (χ3v) is 5.26. The van der Waals surface area contributed by atoms with Crippen molar-refractivity contribution in [1.82, 2.24) is 20.2 Å². The summed E-state index contributed by atoms with van der Waals surface area (Å²) >= 11 is 0. The molecule has 2 aromatic heterocycles. The van der Waals surface area contributed by atoms with Crippen molar-refractivity contribution < 1.29 is 22.8 Å². The van der Waals surface area contributed by atoms with Gasteiger partial charge < -0.3 is 10.2 Å². The molecule has 3 rings (SSSR count). The van der Waals surface area contributed by atoms with Gasteiger partial charge in [0.15, 0.2) is 0 Å². The summed E-state index contributed by atoms with van der Waals surface area (Å²) in [5.41, 5.74) is 2.70. The van der Waals surface area contributed by atoms with Gasteiger partial charge in [-0.15, -0.1) is 0 Å². The van der Waals surface area contributed by atoms with Gasteiger partial charge in [-0.2, -0.15) is 13.2 Å². The van der Waals surface area contributed by atoms with Crippen molar-refractivity contribution in [2.45, 2.75) is 32.0 Å². The van der Waals surface area contributed by atoms with E-state index in [1.165, 1.54) is 6.20 Å². The zero-order valence-corrected chi connectivity index (χ0v) is 18.6. The number of carbonyl (C=O) groups excluding carboxylic acids is 2. The Labute approximate surface area is 195 Å². The number of rotatable bonds is 9. The summed E-state index contributed by atoms with van der Waals surface area (Å²) in [6.45, 7) is 1.70. The van der Waals surface area contributed by atoms with Crippen LogP contribution >= 0.6 is 0 Å². The SMILES string of the molecule is Cc1ccc(C(C(=O)NCCc2cccnc2)N(CCc2cccnc2)C(=O)C(F)(F)F)cc1. The Morgan fingerprint density at radius 2 is 1.53 bits per heavy atom. The van der Waals surface area contributed by atoms with Crippen LogP contribution < -0.4 is 5.32 Å². The zero-order valence-electron chi connectivity index (χ0n) is 18.6. The molecule has 0 saturated carbocycles. The van der Waals surface area contributed by atoms with Crippen molar-refractivity contribution in [2.24, 2.45) is 0 Å². The first-order valence-electron chi connectivity index (χ1n) is 10.8. The van der Waals surface area contributed by atoms with Gasteiger partial charge in [-0.05, 0) is 48.6 Å². The lowest BCUT2D eigenvalue weighted by atomic mass is 10.0. The van der Waals surface area contributed by atoms with Gasteiger partial charge >= 0.3 is 12.1 Å². The molecule has 6 nitrogen and oxygen atoms in total. The Hall–Kier alpha value is -3.75. The number of amides is 2. The molecule has 2 heterocycles. The van der Waals surface area contributed by atoms with Gasteiger partial charge in [0.05, 0.1) is 0 Å². The predicted octanol–water partition coefficient (Wildman–Crippen LogP) is 3.82. The number of carbonyl (C=O) groups is 2. The van der Waals surface area contributed by atoms with E-state index < -0.39 is 24.0 Å². The summed E-state index contributed by atoms with van der Waals surface area (Å²) in [7, 11) is 0. The molecule has 0 spiro atoms. The molecule has 0 aliphatic rings. The van der Waals surface area contributed by atoms with E-state index in [0.717, 1.165) is 11.1 Å². The topological polar surface area (TPSA) is 75.2 Å². The van der Waals surface area contributed by atoms with Crippen LogP contribution in [0.5, 0.6) is 0 Å². The van der Waals surface area contributed by atoms with E-state index in [1.807, 2.05) is 13.0 Å². The van der Waals surface area contributed by atoms with Gasteiger partial charge in [-0.25, -0.2) is 0 Å². The minimum Gasteiger partial charge on any atom is -0.354 e. The first-order valence-corrected chi connectivity index (χ1v) is 10.8. The van der Waals surface area contributed by atoms with Crippen LogP contribution in [-0.2, 0) is 22.4 Å². The highest BCUT2D eigenvalue weighted by Gasteiger charge is 2.46. The van der Waals surface area contributed by atoms with Gasteiger partial charge in [-0.3, -0.25) is 19.6 Å². The number of hydrogen-bond donors (Lipinski definition) is 1. The number of pyridine rings is 2. The number of nitrogens with zero attached hydrogens (tertiary/aromatic N) is 3. The zero-order chi connectivity index (χ0) is 24.6. The van der Waals surface area contributed by atoms with E-state index in [9.17, 15) is 22.8 Å². The molecular weight excluding hydrogens is 445 g/mol. The molecule has 0 fully saturated rings. The Morgan fingerprint density at radius 3 is 2.06 bits per heavy atom. The highest BCUT2D eigenvalue weighted by molar-refractivity contribution is 5.90. The van der Waals surface area contributed by atoms with Gasteiger partial charge in [0.2, 0.25) is 5.91 Å². The second-order valence-corrected chi connectivity index (χ2v) is 7.82. The molecule has 1 atom stereocenters. The number of aryl methyl sites for hydroxylation is 1. The standard InChI is InChI=1S/C25H25F3N4O2/c1-18-6-8-21(9-7-18)22(23(33)31-14-10-19-4-2-12-29-16-19)32(24(34)25(26,27)28)15-11-20-5-3-13-30-17-20/h2-9,12-13,16-17,22H,10-11,14-15H2,1H3,(H,31,33). The second kappa shape index (κ2) is 11.4. The summed E-state index contributed by atoms with van der Waals surface area (Å²) in [5, 5.41) is 2.69. The van der Waals surface area contributed by atoms with E-state index in [0.29, 0.717) is 22.4 Å². The second-order valence-electron chi connectivity index (χ2n) is 7.82. The molecule has 0 aliphatic carbocycles. The molecule has 0 radical (unpaired) electrons. The van der Waals surface area contributed by atoms with E-state index in [4.69, 9.17) is 0 Å². The average molecular weight is 470 g/mol. The Kier molecular flexibility index (Phi) is 8.34. The number of benzene rings is 1. The first kappa shape index (κ1) is 24.9. The van der Waals surface area contributed by atoms with E-state index in [1.54, 1.807) is 61.1 Å².